The van der Waals surface area contributed by atoms with Crippen LogP contribution >= 0.6 is 0 Å². The van der Waals surface area contributed by atoms with Gasteiger partial charge in [-0.2, -0.15) is 0 Å². The second-order valence-corrected chi connectivity index (χ2v) is 10.4. The molecule has 0 radical (unpaired) electrons. The number of carboxylic acid groups (broad SMARTS) is 1. The van der Waals surface area contributed by atoms with E-state index in [1.54, 1.807) is 44.5 Å². The van der Waals surface area contributed by atoms with Gasteiger partial charge in [0.15, 0.2) is 17.3 Å². The SMILES string of the molecule is CNc1cc(F)c(F)c2c1Cc1ncc(-c3cnc4c(c3)c(=O)c(C(=O)O)cn4NC3CCOCC3)c(N(C)C)c1-2. The first-order valence-electron chi connectivity index (χ1n) is 13.2. The lowest BCUT2D eigenvalue weighted by Gasteiger charge is -2.26. The number of nitrogens with zero attached hydrogens (tertiary/aromatic N) is 4. The van der Waals surface area contributed by atoms with Crippen LogP contribution in [0.25, 0.3) is 33.3 Å². The molecule has 0 spiro atoms. The summed E-state index contributed by atoms with van der Waals surface area (Å²) in [6.07, 6.45) is 6.20. The molecule has 212 valence electrons. The van der Waals surface area contributed by atoms with E-state index in [9.17, 15) is 19.1 Å². The van der Waals surface area contributed by atoms with Crippen LogP contribution in [0.5, 0.6) is 0 Å². The molecule has 12 heteroatoms. The molecule has 1 fully saturated rings. The molecule has 4 heterocycles. The first-order chi connectivity index (χ1) is 19.7. The number of aromatic nitrogens is 3. The molecule has 0 atom stereocenters. The number of nitrogens with one attached hydrogen (secondary N) is 2. The van der Waals surface area contributed by atoms with Crippen LogP contribution < -0.4 is 21.1 Å². The molecule has 3 N–H and O–H groups in total. The molecule has 41 heavy (non-hydrogen) atoms. The van der Waals surface area contributed by atoms with Crippen molar-refractivity contribution in [3.8, 4) is 22.3 Å². The maximum atomic E-state index is 15.3. The smallest absolute Gasteiger partial charge is 0.341 e. The highest BCUT2D eigenvalue weighted by Crippen LogP contribution is 2.49. The molecule has 10 nitrogen and oxygen atoms in total. The van der Waals surface area contributed by atoms with Gasteiger partial charge in [-0.05, 0) is 24.5 Å². The molecule has 0 unspecified atom stereocenters. The van der Waals surface area contributed by atoms with Crippen molar-refractivity contribution < 1.29 is 23.4 Å². The topological polar surface area (TPSA) is 122 Å². The maximum Gasteiger partial charge on any atom is 0.341 e. The van der Waals surface area contributed by atoms with E-state index in [4.69, 9.17) is 4.74 Å². The summed E-state index contributed by atoms with van der Waals surface area (Å²) in [7, 11) is 5.22. The second-order valence-electron chi connectivity index (χ2n) is 10.4. The van der Waals surface area contributed by atoms with Gasteiger partial charge in [0.2, 0.25) is 5.43 Å². The Morgan fingerprint density at radius 1 is 1.15 bits per heavy atom. The molecule has 3 aromatic heterocycles. The Labute approximate surface area is 233 Å². The van der Waals surface area contributed by atoms with E-state index in [0.29, 0.717) is 59.0 Å². The first-order valence-corrected chi connectivity index (χ1v) is 13.2. The molecule has 1 aliphatic heterocycles. The number of fused-ring (bicyclic) bond motifs is 4. The third kappa shape index (κ3) is 4.34. The van der Waals surface area contributed by atoms with E-state index in [-0.39, 0.29) is 22.6 Å². The third-order valence-corrected chi connectivity index (χ3v) is 7.69. The number of benzene rings is 1. The predicted molar refractivity (Wildman–Crippen MR) is 151 cm³/mol. The fourth-order valence-corrected chi connectivity index (χ4v) is 5.74. The van der Waals surface area contributed by atoms with Gasteiger partial charge in [0.05, 0.1) is 16.8 Å². The monoisotopic (exact) mass is 562 g/mol. The van der Waals surface area contributed by atoms with Crippen LogP contribution in [0.1, 0.15) is 34.5 Å². The van der Waals surface area contributed by atoms with Crippen molar-refractivity contribution in [3.05, 3.63) is 69.4 Å². The molecule has 0 amide bonds. The summed E-state index contributed by atoms with van der Waals surface area (Å²) in [5.74, 6) is -3.28. The molecular formula is C29H28F2N6O4. The fraction of sp³-hybridized carbons (Fsp3) is 0.310. The highest BCUT2D eigenvalue weighted by molar-refractivity contribution is 5.98. The third-order valence-electron chi connectivity index (χ3n) is 7.69. The van der Waals surface area contributed by atoms with E-state index >= 15 is 4.39 Å². The van der Waals surface area contributed by atoms with Gasteiger partial charge in [-0.3, -0.25) is 9.78 Å². The summed E-state index contributed by atoms with van der Waals surface area (Å²) in [4.78, 5) is 36.3. The molecule has 0 saturated carbocycles. The van der Waals surface area contributed by atoms with Crippen molar-refractivity contribution in [2.24, 2.45) is 0 Å². The van der Waals surface area contributed by atoms with Crippen LogP contribution in [-0.2, 0) is 11.2 Å². The van der Waals surface area contributed by atoms with Crippen molar-refractivity contribution in [2.75, 3.05) is 50.0 Å². The predicted octanol–water partition coefficient (Wildman–Crippen LogP) is 3.84. The molecular weight excluding hydrogens is 534 g/mol. The molecule has 1 aliphatic carbocycles. The Balaban J connectivity index is 1.56. The van der Waals surface area contributed by atoms with Gasteiger partial charge in [0.1, 0.15) is 5.56 Å². The lowest BCUT2D eigenvalue weighted by Crippen LogP contribution is -2.35. The summed E-state index contributed by atoms with van der Waals surface area (Å²) in [5.41, 5.74) is 6.36. The minimum Gasteiger partial charge on any atom is -0.477 e. The lowest BCUT2D eigenvalue weighted by atomic mass is 9.97. The standard InChI is InChI=1S/C29H28F2N6O4/c1-32-21-10-20(30)25(31)23-16(21)9-22-24(23)26(36(2)3)18(12-33-22)14-8-17-27(38)19(29(39)40)13-37(28(17)34-11-14)35-15-4-6-41-7-5-15/h8,10-13,15,32,35H,4-7,9H2,1-3H3,(H,39,40). The molecule has 2 aliphatic rings. The van der Waals surface area contributed by atoms with Gasteiger partial charge in [-0.25, -0.2) is 23.2 Å². The van der Waals surface area contributed by atoms with Gasteiger partial charge in [-0.15, -0.1) is 0 Å². The largest absolute Gasteiger partial charge is 0.477 e. The van der Waals surface area contributed by atoms with Crippen molar-refractivity contribution in [1.29, 1.82) is 0 Å². The van der Waals surface area contributed by atoms with Crippen LogP contribution in [0.3, 0.4) is 0 Å². The fourth-order valence-electron chi connectivity index (χ4n) is 5.74. The van der Waals surface area contributed by atoms with Crippen LogP contribution in [-0.4, -0.2) is 66.1 Å². The summed E-state index contributed by atoms with van der Waals surface area (Å²) < 4.78 is 36.9. The molecule has 0 bridgehead atoms. The summed E-state index contributed by atoms with van der Waals surface area (Å²) in [6.45, 7) is 1.14. The maximum absolute atomic E-state index is 15.3. The molecule has 1 saturated heterocycles. The Kier molecular flexibility index (Phi) is 6.57. The average molecular weight is 563 g/mol. The van der Waals surface area contributed by atoms with Gasteiger partial charge >= 0.3 is 5.97 Å². The zero-order valence-electron chi connectivity index (χ0n) is 22.7. The quantitative estimate of drug-likeness (QED) is 0.283. The van der Waals surface area contributed by atoms with Gasteiger partial charge in [-0.1, -0.05) is 0 Å². The summed E-state index contributed by atoms with van der Waals surface area (Å²) in [6, 6.07) is 2.73. The van der Waals surface area contributed by atoms with E-state index in [1.165, 1.54) is 10.9 Å². The molecule has 6 rings (SSSR count). The van der Waals surface area contributed by atoms with Gasteiger partial charge < -0.3 is 25.5 Å². The van der Waals surface area contributed by atoms with Crippen LogP contribution in [0.15, 0.2) is 35.5 Å². The molecule has 4 aromatic rings. The Hall–Kier alpha value is -4.58. The van der Waals surface area contributed by atoms with E-state index in [1.807, 2.05) is 0 Å². The van der Waals surface area contributed by atoms with Gasteiger partial charge in [0.25, 0.3) is 0 Å². The second kappa shape index (κ2) is 10.1. The lowest BCUT2D eigenvalue weighted by molar-refractivity contribution is 0.0694. The van der Waals surface area contributed by atoms with Gasteiger partial charge in [0, 0.05) is 99.4 Å². The van der Waals surface area contributed by atoms with Crippen LogP contribution in [0, 0.1) is 11.6 Å². The van der Waals surface area contributed by atoms with Crippen LogP contribution in [0.4, 0.5) is 20.2 Å². The van der Waals surface area contributed by atoms with Crippen LogP contribution in [0.2, 0.25) is 0 Å². The number of hydrogen-bond acceptors (Lipinski definition) is 8. The van der Waals surface area contributed by atoms with E-state index in [0.717, 1.165) is 18.9 Å². The number of hydrogen-bond donors (Lipinski definition) is 3. The van der Waals surface area contributed by atoms with Crippen molar-refractivity contribution >= 4 is 28.4 Å². The minimum absolute atomic E-state index is 0.0108. The number of anilines is 2. The zero-order chi connectivity index (χ0) is 29.0. The number of carbonyl (C=O) groups is 1. The summed E-state index contributed by atoms with van der Waals surface area (Å²) in [5, 5.41) is 12.8. The van der Waals surface area contributed by atoms with Crippen molar-refractivity contribution in [1.82, 2.24) is 14.6 Å². The number of aromatic carboxylic acids is 1. The number of rotatable bonds is 6. The number of carboxylic acids is 1. The summed E-state index contributed by atoms with van der Waals surface area (Å²) >= 11 is 0. The number of pyridine rings is 3. The normalized spacial score (nSPS) is 14.6. The Morgan fingerprint density at radius 2 is 1.90 bits per heavy atom. The highest BCUT2D eigenvalue weighted by Gasteiger charge is 2.33. The highest BCUT2D eigenvalue weighted by atomic mass is 19.2. The minimum atomic E-state index is -1.35. The number of halogens is 2. The van der Waals surface area contributed by atoms with Crippen molar-refractivity contribution in [3.63, 3.8) is 0 Å². The molecule has 1 aromatic carbocycles. The number of ether oxygens (including phenoxy) is 1. The van der Waals surface area contributed by atoms with Crippen molar-refractivity contribution in [2.45, 2.75) is 25.3 Å². The Morgan fingerprint density at radius 3 is 2.59 bits per heavy atom. The average Bonchev–Trinajstić information content (AvgIpc) is 3.36. The first kappa shape index (κ1) is 26.6. The van der Waals surface area contributed by atoms with E-state index in [2.05, 4.69) is 20.7 Å². The van der Waals surface area contributed by atoms with E-state index < -0.39 is 28.6 Å². The Bertz CT molecular complexity index is 1780. The zero-order valence-corrected chi connectivity index (χ0v) is 22.7.